The van der Waals surface area contributed by atoms with Gasteiger partial charge < -0.3 is 5.32 Å². The molecular formula is C11H10BrF2N3. The fourth-order valence-electron chi connectivity index (χ4n) is 1.55. The number of halogens is 3. The highest BCUT2D eigenvalue weighted by Gasteiger charge is 2.13. The van der Waals surface area contributed by atoms with Gasteiger partial charge in [-0.2, -0.15) is 0 Å². The predicted octanol–water partition coefficient (Wildman–Crippen LogP) is 3.26. The Morgan fingerprint density at radius 2 is 2.00 bits per heavy atom. The zero-order chi connectivity index (χ0) is 12.6. The maximum atomic E-state index is 13.8. The Hall–Kier alpha value is -1.43. The lowest BCUT2D eigenvalue weighted by molar-refractivity contribution is 0.587. The molecule has 17 heavy (non-hydrogen) atoms. The van der Waals surface area contributed by atoms with Gasteiger partial charge in [-0.15, -0.1) is 0 Å². The molecule has 2 rings (SSSR count). The van der Waals surface area contributed by atoms with Crippen LogP contribution in [0.1, 0.15) is 5.69 Å². The minimum absolute atomic E-state index is 0.0987. The summed E-state index contributed by atoms with van der Waals surface area (Å²) >= 11 is 2.94. The Bertz CT molecular complexity index is 566. The van der Waals surface area contributed by atoms with Crippen molar-refractivity contribution in [1.82, 2.24) is 9.55 Å². The number of imidazole rings is 1. The number of nitrogens with zero attached hydrogens (tertiary/aromatic N) is 2. The van der Waals surface area contributed by atoms with Crippen LogP contribution in [-0.2, 0) is 0 Å². The van der Waals surface area contributed by atoms with E-state index in [-0.39, 0.29) is 10.2 Å². The van der Waals surface area contributed by atoms with Crippen LogP contribution < -0.4 is 5.32 Å². The summed E-state index contributed by atoms with van der Waals surface area (Å²) in [6, 6.07) is 2.22. The zero-order valence-electron chi connectivity index (χ0n) is 9.26. The molecule has 0 spiro atoms. The maximum absolute atomic E-state index is 13.8. The molecule has 6 heteroatoms. The second-order valence-electron chi connectivity index (χ2n) is 3.54. The van der Waals surface area contributed by atoms with Gasteiger partial charge in [0.1, 0.15) is 11.6 Å². The van der Waals surface area contributed by atoms with Crippen molar-refractivity contribution in [2.45, 2.75) is 6.92 Å². The largest absolute Gasteiger partial charge is 0.358 e. The van der Waals surface area contributed by atoms with Crippen molar-refractivity contribution in [2.75, 3.05) is 12.4 Å². The molecular weight excluding hydrogens is 292 g/mol. The van der Waals surface area contributed by atoms with E-state index >= 15 is 0 Å². The minimum atomic E-state index is -0.521. The first-order chi connectivity index (χ1) is 8.02. The van der Waals surface area contributed by atoms with E-state index in [1.807, 2.05) is 0 Å². The summed E-state index contributed by atoms with van der Waals surface area (Å²) in [5.74, 6) is -0.579. The number of rotatable bonds is 2. The van der Waals surface area contributed by atoms with E-state index in [1.54, 1.807) is 20.2 Å². The van der Waals surface area contributed by atoms with Gasteiger partial charge in [-0.05, 0) is 28.9 Å². The molecule has 0 aliphatic rings. The van der Waals surface area contributed by atoms with E-state index in [9.17, 15) is 8.78 Å². The lowest BCUT2D eigenvalue weighted by Gasteiger charge is -2.09. The molecule has 3 nitrogen and oxygen atoms in total. The molecule has 90 valence electrons. The third kappa shape index (κ3) is 2.17. The molecule has 0 amide bonds. The number of benzene rings is 1. The smallest absolute Gasteiger partial charge is 0.207 e. The van der Waals surface area contributed by atoms with E-state index < -0.39 is 11.6 Å². The third-order valence-electron chi connectivity index (χ3n) is 2.30. The molecule has 1 N–H and O–H groups in total. The highest BCUT2D eigenvalue weighted by Crippen LogP contribution is 2.25. The van der Waals surface area contributed by atoms with Crippen molar-refractivity contribution in [2.24, 2.45) is 0 Å². The first-order valence-electron chi connectivity index (χ1n) is 4.91. The average Bonchev–Trinajstić information content (AvgIpc) is 2.64. The van der Waals surface area contributed by atoms with E-state index in [1.165, 1.54) is 4.57 Å². The van der Waals surface area contributed by atoms with Crippen molar-refractivity contribution < 1.29 is 8.78 Å². The summed E-state index contributed by atoms with van der Waals surface area (Å²) in [6.07, 6.45) is 1.64. The Kier molecular flexibility index (Phi) is 3.15. The Morgan fingerprint density at radius 1 is 1.29 bits per heavy atom. The highest BCUT2D eigenvalue weighted by molar-refractivity contribution is 9.10. The van der Waals surface area contributed by atoms with Crippen molar-refractivity contribution >= 4 is 21.9 Å². The van der Waals surface area contributed by atoms with Crippen LogP contribution in [0.3, 0.4) is 0 Å². The first-order valence-corrected chi connectivity index (χ1v) is 5.71. The Labute approximate surface area is 106 Å². The molecule has 0 unspecified atom stereocenters. The third-order valence-corrected chi connectivity index (χ3v) is 2.91. The molecule has 0 saturated carbocycles. The summed E-state index contributed by atoms with van der Waals surface area (Å²) in [5, 5.41) is 2.83. The second kappa shape index (κ2) is 4.44. The molecule has 1 aromatic heterocycles. The van der Waals surface area contributed by atoms with Crippen LogP contribution in [0.2, 0.25) is 0 Å². The molecule has 0 atom stereocenters. The lowest BCUT2D eigenvalue weighted by atomic mass is 10.3. The van der Waals surface area contributed by atoms with Gasteiger partial charge in [-0.3, -0.25) is 4.57 Å². The molecule has 0 bridgehead atoms. The molecule has 0 radical (unpaired) electrons. The van der Waals surface area contributed by atoms with E-state index in [2.05, 4.69) is 26.2 Å². The number of hydrogen-bond acceptors (Lipinski definition) is 2. The van der Waals surface area contributed by atoms with Crippen molar-refractivity contribution in [3.8, 4) is 5.69 Å². The van der Waals surface area contributed by atoms with E-state index in [4.69, 9.17) is 0 Å². The van der Waals surface area contributed by atoms with Crippen molar-refractivity contribution in [1.29, 1.82) is 0 Å². The summed E-state index contributed by atoms with van der Waals surface area (Å²) in [4.78, 5) is 4.15. The average molecular weight is 302 g/mol. The normalized spacial score (nSPS) is 10.6. The fourth-order valence-corrected chi connectivity index (χ4v) is 1.87. The molecule has 0 aliphatic heterocycles. The number of aryl methyl sites for hydroxylation is 1. The van der Waals surface area contributed by atoms with Crippen molar-refractivity contribution in [3.05, 3.63) is 40.1 Å². The highest BCUT2D eigenvalue weighted by atomic mass is 79.9. The van der Waals surface area contributed by atoms with Crippen LogP contribution >= 0.6 is 15.9 Å². The first kappa shape index (κ1) is 12.0. The van der Waals surface area contributed by atoms with E-state index in [0.29, 0.717) is 5.95 Å². The van der Waals surface area contributed by atoms with Gasteiger partial charge in [-0.25, -0.2) is 13.8 Å². The minimum Gasteiger partial charge on any atom is -0.358 e. The van der Waals surface area contributed by atoms with Crippen LogP contribution in [0.25, 0.3) is 5.69 Å². The van der Waals surface area contributed by atoms with E-state index in [0.717, 1.165) is 17.8 Å². The van der Waals surface area contributed by atoms with Gasteiger partial charge in [0.2, 0.25) is 5.95 Å². The van der Waals surface area contributed by atoms with Gasteiger partial charge in [0.15, 0.2) is 0 Å². The zero-order valence-corrected chi connectivity index (χ0v) is 10.8. The quantitative estimate of drug-likeness (QED) is 0.863. The summed E-state index contributed by atoms with van der Waals surface area (Å²) in [5.41, 5.74) is 0.840. The SMILES string of the molecule is CNc1nc(C)cn1-c1cc(F)c(Br)cc1F. The Balaban J connectivity index is 2.63. The monoisotopic (exact) mass is 301 g/mol. The molecule has 2 aromatic rings. The fraction of sp³-hybridized carbons (Fsp3) is 0.182. The van der Waals surface area contributed by atoms with Crippen LogP contribution in [0.5, 0.6) is 0 Å². The second-order valence-corrected chi connectivity index (χ2v) is 4.40. The van der Waals surface area contributed by atoms with Gasteiger partial charge in [0.05, 0.1) is 15.9 Å². The number of nitrogens with one attached hydrogen (secondary N) is 1. The number of aromatic nitrogens is 2. The van der Waals surface area contributed by atoms with Gasteiger partial charge in [0, 0.05) is 19.3 Å². The summed E-state index contributed by atoms with van der Waals surface area (Å²) < 4.78 is 28.8. The van der Waals surface area contributed by atoms with Crippen LogP contribution in [-0.4, -0.2) is 16.6 Å². The molecule has 1 heterocycles. The van der Waals surface area contributed by atoms with Gasteiger partial charge in [-0.1, -0.05) is 0 Å². The lowest BCUT2D eigenvalue weighted by Crippen LogP contribution is -2.03. The van der Waals surface area contributed by atoms with Crippen LogP contribution in [0, 0.1) is 18.6 Å². The molecule has 0 aliphatic carbocycles. The van der Waals surface area contributed by atoms with Gasteiger partial charge in [0.25, 0.3) is 0 Å². The molecule has 1 aromatic carbocycles. The van der Waals surface area contributed by atoms with Crippen LogP contribution in [0.4, 0.5) is 14.7 Å². The number of hydrogen-bond donors (Lipinski definition) is 1. The predicted molar refractivity (Wildman–Crippen MR) is 65.5 cm³/mol. The number of anilines is 1. The van der Waals surface area contributed by atoms with Crippen LogP contribution in [0.15, 0.2) is 22.8 Å². The topological polar surface area (TPSA) is 29.9 Å². The maximum Gasteiger partial charge on any atom is 0.207 e. The van der Waals surface area contributed by atoms with Gasteiger partial charge >= 0.3 is 0 Å². The Morgan fingerprint density at radius 3 is 2.65 bits per heavy atom. The van der Waals surface area contributed by atoms with Crippen molar-refractivity contribution in [3.63, 3.8) is 0 Å². The standard InChI is InChI=1S/C11H10BrF2N3/c1-6-5-17(11(15-2)16-6)10-4-8(13)7(12)3-9(10)14/h3-5H,1-2H3,(H,15,16). The summed E-state index contributed by atoms with van der Waals surface area (Å²) in [6.45, 7) is 1.78. The summed E-state index contributed by atoms with van der Waals surface area (Å²) in [7, 11) is 1.67. The molecule has 0 saturated heterocycles. The molecule has 0 fully saturated rings.